The maximum Gasteiger partial charge on any atom is 0.405 e. The van der Waals surface area contributed by atoms with Crippen molar-refractivity contribution in [3.05, 3.63) is 0 Å². The Kier molecular flexibility index (Phi) is 15.7. The number of unbranched alkanes of at least 4 members (excludes halogenated alkanes) is 11. The number of carboxylic acid groups (broad SMARTS) is 1. The fraction of sp³-hybridized carbons (Fsp3) is 0.889. The highest BCUT2D eigenvalue weighted by Crippen LogP contribution is 2.11. The van der Waals surface area contributed by atoms with Crippen molar-refractivity contribution in [2.24, 2.45) is 0 Å². The van der Waals surface area contributed by atoms with Crippen molar-refractivity contribution < 1.29 is 19.8 Å². The topological polar surface area (TPSA) is 98.7 Å². The SMILES string of the molecule is CCCCCCCCCCCCCCNC(=O)C(CO)NC(=O)O. The Balaban J connectivity index is 3.35. The number of hydrogen-bond donors (Lipinski definition) is 4. The van der Waals surface area contributed by atoms with Crippen LogP contribution in [0.4, 0.5) is 4.79 Å². The van der Waals surface area contributed by atoms with Gasteiger partial charge in [-0.2, -0.15) is 0 Å². The molecule has 0 saturated carbocycles. The van der Waals surface area contributed by atoms with E-state index in [-0.39, 0.29) is 0 Å². The minimum absolute atomic E-state index is 0.469. The first-order valence-electron chi connectivity index (χ1n) is 9.49. The van der Waals surface area contributed by atoms with Crippen LogP contribution in [0.15, 0.2) is 0 Å². The third kappa shape index (κ3) is 14.3. The van der Waals surface area contributed by atoms with Gasteiger partial charge >= 0.3 is 6.09 Å². The van der Waals surface area contributed by atoms with Crippen molar-refractivity contribution >= 4 is 12.0 Å². The zero-order valence-electron chi connectivity index (χ0n) is 15.2. The number of amides is 2. The zero-order chi connectivity index (χ0) is 18.0. The number of rotatable bonds is 16. The largest absolute Gasteiger partial charge is 0.465 e. The third-order valence-corrected chi connectivity index (χ3v) is 4.13. The molecule has 0 aliphatic rings. The van der Waals surface area contributed by atoms with Crippen LogP contribution in [0.2, 0.25) is 0 Å². The highest BCUT2D eigenvalue weighted by molar-refractivity contribution is 5.85. The summed E-state index contributed by atoms with van der Waals surface area (Å²) in [5.41, 5.74) is 0. The minimum Gasteiger partial charge on any atom is -0.465 e. The van der Waals surface area contributed by atoms with Crippen molar-refractivity contribution in [2.75, 3.05) is 13.2 Å². The van der Waals surface area contributed by atoms with Gasteiger partial charge < -0.3 is 20.8 Å². The van der Waals surface area contributed by atoms with Gasteiger partial charge in [-0.05, 0) is 6.42 Å². The molecule has 1 unspecified atom stereocenters. The van der Waals surface area contributed by atoms with E-state index in [9.17, 15) is 9.59 Å². The predicted molar refractivity (Wildman–Crippen MR) is 96.1 cm³/mol. The summed E-state index contributed by atoms with van der Waals surface area (Å²) in [5, 5.41) is 22.1. The predicted octanol–water partition coefficient (Wildman–Crippen LogP) is 3.43. The van der Waals surface area contributed by atoms with E-state index >= 15 is 0 Å². The van der Waals surface area contributed by atoms with Crippen LogP contribution in [0.1, 0.15) is 84.0 Å². The minimum atomic E-state index is -1.31. The van der Waals surface area contributed by atoms with Gasteiger partial charge in [-0.1, -0.05) is 77.6 Å². The first kappa shape index (κ1) is 22.7. The van der Waals surface area contributed by atoms with Gasteiger partial charge in [0.1, 0.15) is 6.04 Å². The van der Waals surface area contributed by atoms with Crippen LogP contribution in [0.3, 0.4) is 0 Å². The molecule has 0 heterocycles. The number of carbonyl (C=O) groups is 2. The summed E-state index contributed by atoms with van der Waals surface area (Å²) in [6.07, 6.45) is 13.8. The summed E-state index contributed by atoms with van der Waals surface area (Å²) in [5.74, 6) is -0.469. The lowest BCUT2D eigenvalue weighted by Gasteiger charge is -2.13. The summed E-state index contributed by atoms with van der Waals surface area (Å²) in [4.78, 5) is 22.1. The van der Waals surface area contributed by atoms with Gasteiger partial charge in [0.05, 0.1) is 6.61 Å². The molecule has 1 atom stereocenters. The quantitative estimate of drug-likeness (QED) is 0.322. The molecule has 4 N–H and O–H groups in total. The first-order chi connectivity index (χ1) is 11.6. The molecule has 0 fully saturated rings. The van der Waals surface area contributed by atoms with E-state index < -0.39 is 24.6 Å². The van der Waals surface area contributed by atoms with Gasteiger partial charge in [0.15, 0.2) is 0 Å². The fourth-order valence-electron chi connectivity index (χ4n) is 2.64. The molecule has 142 valence electrons. The summed E-state index contributed by atoms with van der Waals surface area (Å²) in [7, 11) is 0. The van der Waals surface area contributed by atoms with Gasteiger partial charge in [-0.3, -0.25) is 4.79 Å². The molecule has 6 nitrogen and oxygen atoms in total. The van der Waals surface area contributed by atoms with E-state index in [4.69, 9.17) is 10.2 Å². The summed E-state index contributed by atoms with van der Waals surface area (Å²) < 4.78 is 0. The smallest absolute Gasteiger partial charge is 0.405 e. The van der Waals surface area contributed by atoms with Crippen molar-refractivity contribution in [3.63, 3.8) is 0 Å². The van der Waals surface area contributed by atoms with E-state index in [0.717, 1.165) is 12.8 Å². The van der Waals surface area contributed by atoms with Gasteiger partial charge in [-0.15, -0.1) is 0 Å². The second-order valence-electron chi connectivity index (χ2n) is 6.36. The zero-order valence-corrected chi connectivity index (χ0v) is 15.2. The Morgan fingerprint density at radius 1 is 0.833 bits per heavy atom. The Hall–Kier alpha value is -1.30. The van der Waals surface area contributed by atoms with Crippen LogP contribution in [0.25, 0.3) is 0 Å². The molecule has 24 heavy (non-hydrogen) atoms. The van der Waals surface area contributed by atoms with Crippen LogP contribution in [0.5, 0.6) is 0 Å². The van der Waals surface area contributed by atoms with Crippen LogP contribution in [-0.2, 0) is 4.79 Å². The summed E-state index contributed by atoms with van der Waals surface area (Å²) in [6, 6.07) is -1.08. The van der Waals surface area contributed by atoms with Crippen molar-refractivity contribution in [1.82, 2.24) is 10.6 Å². The standard InChI is InChI=1S/C18H36N2O4/c1-2-3-4-5-6-7-8-9-10-11-12-13-14-19-17(22)16(15-21)20-18(23)24/h16,20-21H,2-15H2,1H3,(H,19,22)(H,23,24). The Morgan fingerprint density at radius 2 is 1.29 bits per heavy atom. The second kappa shape index (κ2) is 16.6. The molecule has 0 saturated heterocycles. The van der Waals surface area contributed by atoms with E-state index in [1.54, 1.807) is 0 Å². The molecule has 0 rings (SSSR count). The average molecular weight is 344 g/mol. The number of aliphatic hydroxyl groups excluding tert-OH is 1. The van der Waals surface area contributed by atoms with Gasteiger partial charge in [-0.25, -0.2) is 4.79 Å². The second-order valence-corrected chi connectivity index (χ2v) is 6.36. The normalized spacial score (nSPS) is 11.9. The summed E-state index contributed by atoms with van der Waals surface area (Å²) in [6.45, 7) is 2.23. The lowest BCUT2D eigenvalue weighted by molar-refractivity contribution is -0.123. The Labute approximate surface area is 146 Å². The van der Waals surface area contributed by atoms with Crippen LogP contribution in [0, 0.1) is 0 Å². The molecule has 2 amide bonds. The molecule has 0 aromatic heterocycles. The molecule has 6 heteroatoms. The molecular formula is C18H36N2O4. The van der Waals surface area contributed by atoms with Crippen LogP contribution < -0.4 is 10.6 Å². The van der Waals surface area contributed by atoms with E-state index in [1.165, 1.54) is 64.2 Å². The number of aliphatic hydroxyl groups is 1. The Bertz CT molecular complexity index is 324. The average Bonchev–Trinajstić information content (AvgIpc) is 2.56. The molecule has 0 aliphatic carbocycles. The summed E-state index contributed by atoms with van der Waals surface area (Å²) >= 11 is 0. The highest BCUT2D eigenvalue weighted by atomic mass is 16.4. The highest BCUT2D eigenvalue weighted by Gasteiger charge is 2.18. The Morgan fingerprint density at radius 3 is 1.71 bits per heavy atom. The molecule has 0 aliphatic heterocycles. The van der Waals surface area contributed by atoms with Crippen molar-refractivity contribution in [1.29, 1.82) is 0 Å². The van der Waals surface area contributed by atoms with Gasteiger partial charge in [0.25, 0.3) is 0 Å². The third-order valence-electron chi connectivity index (χ3n) is 4.13. The monoisotopic (exact) mass is 344 g/mol. The molecule has 0 bridgehead atoms. The molecule has 0 radical (unpaired) electrons. The first-order valence-corrected chi connectivity index (χ1v) is 9.49. The maximum atomic E-state index is 11.6. The molecule has 0 spiro atoms. The van der Waals surface area contributed by atoms with E-state index in [0.29, 0.717) is 6.54 Å². The fourth-order valence-corrected chi connectivity index (χ4v) is 2.64. The molecular weight excluding hydrogens is 308 g/mol. The molecule has 0 aromatic carbocycles. The van der Waals surface area contributed by atoms with E-state index in [2.05, 4.69) is 12.2 Å². The number of nitrogens with one attached hydrogen (secondary N) is 2. The van der Waals surface area contributed by atoms with Crippen LogP contribution >= 0.6 is 0 Å². The lowest BCUT2D eigenvalue weighted by Crippen LogP contribution is -2.48. The lowest BCUT2D eigenvalue weighted by atomic mass is 10.1. The number of carbonyl (C=O) groups excluding carboxylic acids is 1. The van der Waals surface area contributed by atoms with E-state index in [1.807, 2.05) is 5.32 Å². The maximum absolute atomic E-state index is 11.6. The van der Waals surface area contributed by atoms with Crippen LogP contribution in [-0.4, -0.2) is 41.4 Å². The van der Waals surface area contributed by atoms with Crippen molar-refractivity contribution in [3.8, 4) is 0 Å². The molecule has 0 aromatic rings. The van der Waals surface area contributed by atoms with Crippen molar-refractivity contribution in [2.45, 2.75) is 90.0 Å². The van der Waals surface area contributed by atoms with Gasteiger partial charge in [0.2, 0.25) is 5.91 Å². The number of hydrogen-bond acceptors (Lipinski definition) is 3. The van der Waals surface area contributed by atoms with Gasteiger partial charge in [0, 0.05) is 6.54 Å².